The van der Waals surface area contributed by atoms with E-state index in [2.05, 4.69) is 146 Å². The number of hydrogen-bond donors (Lipinski definition) is 0. The highest BCUT2D eigenvalue weighted by Gasteiger charge is 2.15. The minimum Gasteiger partial charge on any atom is -0.0622 e. The third-order valence-corrected chi connectivity index (χ3v) is 8.22. The molecule has 8 aromatic carbocycles. The van der Waals surface area contributed by atoms with E-state index in [1.54, 1.807) is 0 Å². The van der Waals surface area contributed by atoms with Gasteiger partial charge in [-0.05, 0) is 101 Å². The lowest BCUT2D eigenvalue weighted by molar-refractivity contribution is 1.46. The predicted molar refractivity (Wildman–Crippen MR) is 169 cm³/mol. The van der Waals surface area contributed by atoms with Crippen LogP contribution in [-0.4, -0.2) is 0 Å². The second-order valence-corrected chi connectivity index (χ2v) is 10.7. The first kappa shape index (κ1) is 22.1. The van der Waals surface area contributed by atoms with E-state index in [9.17, 15) is 0 Å². The Morgan fingerprint density at radius 1 is 0.333 bits per heavy atom. The van der Waals surface area contributed by atoms with Crippen molar-refractivity contribution in [2.75, 3.05) is 0 Å². The summed E-state index contributed by atoms with van der Waals surface area (Å²) in [6.07, 6.45) is 0. The van der Waals surface area contributed by atoms with Gasteiger partial charge in [-0.15, -0.1) is 0 Å². The summed E-state index contributed by atoms with van der Waals surface area (Å²) in [5.41, 5.74) is 8.88. The van der Waals surface area contributed by atoms with Gasteiger partial charge in [0.15, 0.2) is 0 Å². The molecule has 0 aliphatic carbocycles. The van der Waals surface area contributed by atoms with E-state index in [0.717, 1.165) is 0 Å². The van der Waals surface area contributed by atoms with Crippen LogP contribution in [0.3, 0.4) is 0 Å². The third kappa shape index (κ3) is 3.53. The Labute approximate surface area is 228 Å². The summed E-state index contributed by atoms with van der Waals surface area (Å²) >= 11 is 0. The first-order valence-electron chi connectivity index (χ1n) is 13.6. The van der Waals surface area contributed by atoms with Crippen LogP contribution in [0.4, 0.5) is 0 Å². The lowest BCUT2D eigenvalue weighted by atomic mass is 9.86. The molecule has 8 rings (SSSR count). The summed E-state index contributed by atoms with van der Waals surface area (Å²) in [5.74, 6) is 0. The lowest BCUT2D eigenvalue weighted by Gasteiger charge is -2.17. The molecule has 0 saturated carbocycles. The molecule has 0 fully saturated rings. The van der Waals surface area contributed by atoms with E-state index in [1.165, 1.54) is 82.0 Å². The molecular weight excluding hydrogens is 468 g/mol. The van der Waals surface area contributed by atoms with Crippen molar-refractivity contribution in [1.29, 1.82) is 0 Å². The van der Waals surface area contributed by atoms with Gasteiger partial charge in [-0.1, -0.05) is 127 Å². The van der Waals surface area contributed by atoms with Crippen LogP contribution in [-0.2, 0) is 0 Å². The SMILES string of the molecule is Cc1cc(-c2ccccc2)cc(-c2ccc3ccc4c(-c5ccc6ccccc6c5)ccc5ccc2c3c54)c1. The van der Waals surface area contributed by atoms with Gasteiger partial charge < -0.3 is 0 Å². The molecule has 0 aromatic heterocycles. The van der Waals surface area contributed by atoms with Crippen molar-refractivity contribution in [2.24, 2.45) is 0 Å². The highest BCUT2D eigenvalue weighted by atomic mass is 14.2. The first-order valence-corrected chi connectivity index (χ1v) is 13.6. The zero-order valence-corrected chi connectivity index (χ0v) is 21.8. The minimum absolute atomic E-state index is 1.25. The number of fused-ring (bicyclic) bond motifs is 1. The van der Waals surface area contributed by atoms with E-state index in [1.807, 2.05) is 0 Å². The molecule has 0 aliphatic heterocycles. The van der Waals surface area contributed by atoms with E-state index in [0.29, 0.717) is 0 Å². The summed E-state index contributed by atoms with van der Waals surface area (Å²) in [6, 6.07) is 51.5. The zero-order valence-electron chi connectivity index (χ0n) is 21.8. The molecule has 39 heavy (non-hydrogen) atoms. The highest BCUT2D eigenvalue weighted by Crippen LogP contribution is 2.43. The maximum absolute atomic E-state index is 2.34. The zero-order chi connectivity index (χ0) is 25.9. The smallest absolute Gasteiger partial charge is 0.00203 e. The molecule has 182 valence electrons. The van der Waals surface area contributed by atoms with Crippen LogP contribution in [0.2, 0.25) is 0 Å². The summed E-state index contributed by atoms with van der Waals surface area (Å²) in [6.45, 7) is 2.20. The van der Waals surface area contributed by atoms with Crippen LogP contribution >= 0.6 is 0 Å². The maximum atomic E-state index is 2.34. The molecule has 0 atom stereocenters. The molecule has 0 heterocycles. The van der Waals surface area contributed by atoms with Gasteiger partial charge in [-0.2, -0.15) is 0 Å². The van der Waals surface area contributed by atoms with Gasteiger partial charge >= 0.3 is 0 Å². The van der Waals surface area contributed by atoms with Crippen molar-refractivity contribution < 1.29 is 0 Å². The average molecular weight is 495 g/mol. The molecule has 0 spiro atoms. The second-order valence-electron chi connectivity index (χ2n) is 10.7. The van der Waals surface area contributed by atoms with Crippen LogP contribution in [0.15, 0.2) is 140 Å². The van der Waals surface area contributed by atoms with E-state index in [-0.39, 0.29) is 0 Å². The topological polar surface area (TPSA) is 0 Å². The maximum Gasteiger partial charge on any atom is -0.00203 e. The van der Waals surface area contributed by atoms with E-state index >= 15 is 0 Å². The Bertz CT molecular complexity index is 2170. The van der Waals surface area contributed by atoms with Gasteiger partial charge in [0, 0.05) is 0 Å². The van der Waals surface area contributed by atoms with Crippen LogP contribution in [0.5, 0.6) is 0 Å². The number of benzene rings is 8. The van der Waals surface area contributed by atoms with Gasteiger partial charge in [0.1, 0.15) is 0 Å². The molecule has 0 bridgehead atoms. The predicted octanol–water partition coefficient (Wildman–Crippen LogP) is 11.0. The van der Waals surface area contributed by atoms with Crippen molar-refractivity contribution in [3.8, 4) is 33.4 Å². The van der Waals surface area contributed by atoms with Gasteiger partial charge in [0.25, 0.3) is 0 Å². The third-order valence-electron chi connectivity index (χ3n) is 8.22. The standard InChI is InChI=1S/C39H26/c1-25-21-32(26-7-3-2-4-8-26)24-33(22-25)35-18-14-29-15-19-36-34(17-13-28-16-20-37(35)39(29)38(28)36)31-12-11-27-9-5-6-10-30(27)23-31/h2-24H,1H3. The monoisotopic (exact) mass is 494 g/mol. The van der Waals surface area contributed by atoms with Gasteiger partial charge in [-0.3, -0.25) is 0 Å². The number of rotatable bonds is 3. The van der Waals surface area contributed by atoms with Crippen LogP contribution in [0, 0.1) is 6.92 Å². The van der Waals surface area contributed by atoms with Crippen LogP contribution in [0.25, 0.3) is 76.5 Å². The van der Waals surface area contributed by atoms with Crippen molar-refractivity contribution >= 4 is 43.1 Å². The molecule has 0 unspecified atom stereocenters. The molecule has 8 aromatic rings. The molecule has 0 aliphatic rings. The van der Waals surface area contributed by atoms with Crippen molar-refractivity contribution in [3.63, 3.8) is 0 Å². The fourth-order valence-corrected chi connectivity index (χ4v) is 6.40. The Morgan fingerprint density at radius 3 is 1.62 bits per heavy atom. The van der Waals surface area contributed by atoms with Gasteiger partial charge in [0.05, 0.1) is 0 Å². The first-order chi connectivity index (χ1) is 19.2. The Balaban J connectivity index is 1.38. The molecule has 0 amide bonds. The van der Waals surface area contributed by atoms with E-state index < -0.39 is 0 Å². The van der Waals surface area contributed by atoms with Crippen molar-refractivity contribution in [3.05, 3.63) is 145 Å². The Hall–Kier alpha value is -4.94. The molecule has 0 radical (unpaired) electrons. The average Bonchev–Trinajstić information content (AvgIpc) is 2.99. The highest BCUT2D eigenvalue weighted by molar-refractivity contribution is 6.27. The van der Waals surface area contributed by atoms with Crippen molar-refractivity contribution in [1.82, 2.24) is 0 Å². The fourth-order valence-electron chi connectivity index (χ4n) is 6.40. The normalized spacial score (nSPS) is 11.7. The minimum atomic E-state index is 1.25. The van der Waals surface area contributed by atoms with Gasteiger partial charge in [-0.25, -0.2) is 0 Å². The quantitative estimate of drug-likeness (QED) is 0.214. The van der Waals surface area contributed by atoms with Crippen LogP contribution in [0.1, 0.15) is 5.56 Å². The Kier molecular flexibility index (Phi) is 4.84. The second kappa shape index (κ2) is 8.55. The summed E-state index contributed by atoms with van der Waals surface area (Å²) in [5, 5.41) is 10.5. The van der Waals surface area contributed by atoms with Crippen LogP contribution < -0.4 is 0 Å². The van der Waals surface area contributed by atoms with Gasteiger partial charge in [0.2, 0.25) is 0 Å². The summed E-state index contributed by atoms with van der Waals surface area (Å²) in [7, 11) is 0. The molecule has 0 heteroatoms. The molecule has 0 nitrogen and oxygen atoms in total. The molecule has 0 saturated heterocycles. The number of aryl methyl sites for hydroxylation is 1. The summed E-state index contributed by atoms with van der Waals surface area (Å²) < 4.78 is 0. The summed E-state index contributed by atoms with van der Waals surface area (Å²) in [4.78, 5) is 0. The molecular formula is C39H26. The largest absolute Gasteiger partial charge is 0.0622 e. The lowest BCUT2D eigenvalue weighted by Crippen LogP contribution is -1.90. The number of hydrogen-bond acceptors (Lipinski definition) is 0. The van der Waals surface area contributed by atoms with E-state index in [4.69, 9.17) is 0 Å². The van der Waals surface area contributed by atoms with Crippen molar-refractivity contribution in [2.45, 2.75) is 6.92 Å². The Morgan fingerprint density at radius 2 is 0.897 bits per heavy atom. The molecule has 0 N–H and O–H groups in total. The fraction of sp³-hybridized carbons (Fsp3) is 0.0256.